The average molecular weight is 454 g/mol. The molecule has 1 amide bonds. The molecule has 1 atom stereocenters. The summed E-state index contributed by atoms with van der Waals surface area (Å²) in [7, 11) is 1.51. The molecule has 1 aliphatic rings. The molecular weight excluding hydrogens is 431 g/mol. The first-order chi connectivity index (χ1) is 16.0. The molecular formula is C23H23FN4O5. The molecule has 0 saturated carbocycles. The van der Waals surface area contributed by atoms with Gasteiger partial charge < -0.3 is 14.8 Å². The molecule has 0 spiro atoms. The number of ether oxygens (including phenoxy) is 2. The van der Waals surface area contributed by atoms with E-state index in [0.717, 1.165) is 22.1 Å². The van der Waals surface area contributed by atoms with Crippen molar-refractivity contribution in [2.75, 3.05) is 20.3 Å². The van der Waals surface area contributed by atoms with Gasteiger partial charge in [-0.25, -0.2) is 9.18 Å². The molecule has 9 nitrogen and oxygen atoms in total. The van der Waals surface area contributed by atoms with Gasteiger partial charge in [0.15, 0.2) is 0 Å². The predicted molar refractivity (Wildman–Crippen MR) is 117 cm³/mol. The zero-order chi connectivity index (χ0) is 23.4. The van der Waals surface area contributed by atoms with Gasteiger partial charge in [-0.1, -0.05) is 12.1 Å². The van der Waals surface area contributed by atoms with Gasteiger partial charge in [0, 0.05) is 13.2 Å². The van der Waals surface area contributed by atoms with E-state index in [-0.39, 0.29) is 19.2 Å². The standard InChI is InChI=1S/C23H23FN4O5/c1-32-18-10-8-17(9-11-18)28-23(31)27(14-15-4-6-16(24)7-5-15)22(30)20(26-28)21(29)25-13-19-3-2-12-33-19/h4-11,19H,2-3,12-14H2,1H3,(H,25,29)/t19-/m1/s1. The van der Waals surface area contributed by atoms with Crippen molar-refractivity contribution in [1.82, 2.24) is 19.7 Å². The molecule has 1 N–H and O–H groups in total. The number of benzene rings is 2. The SMILES string of the molecule is COc1ccc(-n2nc(C(=O)NC[C@H]3CCCO3)c(=O)n(Cc3ccc(F)cc3)c2=O)cc1. The number of hydrogen-bond acceptors (Lipinski definition) is 6. The zero-order valence-corrected chi connectivity index (χ0v) is 18.0. The lowest BCUT2D eigenvalue weighted by molar-refractivity contribution is 0.0849. The van der Waals surface area contributed by atoms with Crippen molar-refractivity contribution in [1.29, 1.82) is 0 Å². The largest absolute Gasteiger partial charge is 0.497 e. The van der Waals surface area contributed by atoms with Crippen LogP contribution in [0, 0.1) is 5.82 Å². The summed E-state index contributed by atoms with van der Waals surface area (Å²) in [4.78, 5) is 39.1. The molecule has 0 unspecified atom stereocenters. The van der Waals surface area contributed by atoms with Crippen LogP contribution in [0.3, 0.4) is 0 Å². The second-order valence-electron chi connectivity index (χ2n) is 7.60. The first kappa shape index (κ1) is 22.4. The van der Waals surface area contributed by atoms with Crippen molar-refractivity contribution in [3.05, 3.63) is 86.4 Å². The van der Waals surface area contributed by atoms with E-state index in [0.29, 0.717) is 23.6 Å². The second kappa shape index (κ2) is 9.78. The molecule has 1 aromatic heterocycles. The van der Waals surface area contributed by atoms with Crippen molar-refractivity contribution in [3.8, 4) is 11.4 Å². The maximum absolute atomic E-state index is 13.3. The van der Waals surface area contributed by atoms with E-state index in [2.05, 4.69) is 10.4 Å². The highest BCUT2D eigenvalue weighted by molar-refractivity contribution is 5.91. The van der Waals surface area contributed by atoms with E-state index in [1.807, 2.05) is 0 Å². The van der Waals surface area contributed by atoms with Crippen LogP contribution in [-0.4, -0.2) is 46.6 Å². The zero-order valence-electron chi connectivity index (χ0n) is 18.0. The molecule has 172 valence electrons. The number of carbonyl (C=O) groups is 1. The van der Waals surface area contributed by atoms with Gasteiger partial charge in [0.25, 0.3) is 11.5 Å². The van der Waals surface area contributed by atoms with Crippen LogP contribution >= 0.6 is 0 Å². The van der Waals surface area contributed by atoms with Crippen LogP contribution in [0.25, 0.3) is 5.69 Å². The number of methoxy groups -OCH3 is 1. The van der Waals surface area contributed by atoms with Crippen molar-refractivity contribution in [2.45, 2.75) is 25.5 Å². The molecule has 1 fully saturated rings. The van der Waals surface area contributed by atoms with Crippen LogP contribution in [0.15, 0.2) is 58.1 Å². The van der Waals surface area contributed by atoms with E-state index in [4.69, 9.17) is 9.47 Å². The monoisotopic (exact) mass is 454 g/mol. The summed E-state index contributed by atoms with van der Waals surface area (Å²) in [5, 5.41) is 6.75. The first-order valence-corrected chi connectivity index (χ1v) is 10.5. The van der Waals surface area contributed by atoms with E-state index in [1.54, 1.807) is 24.3 Å². The number of halogens is 1. The van der Waals surface area contributed by atoms with Gasteiger partial charge >= 0.3 is 5.69 Å². The minimum Gasteiger partial charge on any atom is -0.497 e. The lowest BCUT2D eigenvalue weighted by Gasteiger charge is -2.14. The topological polar surface area (TPSA) is 104 Å². The Hall–Kier alpha value is -3.79. The third kappa shape index (κ3) is 5.01. The first-order valence-electron chi connectivity index (χ1n) is 10.5. The third-order valence-electron chi connectivity index (χ3n) is 5.36. The number of rotatable bonds is 7. The smallest absolute Gasteiger partial charge is 0.352 e. The summed E-state index contributed by atoms with van der Waals surface area (Å²) >= 11 is 0. The van der Waals surface area contributed by atoms with E-state index in [9.17, 15) is 18.8 Å². The van der Waals surface area contributed by atoms with Gasteiger partial charge in [-0.15, -0.1) is 0 Å². The Labute approximate surface area is 188 Å². The Kier molecular flexibility index (Phi) is 6.64. The molecule has 0 aliphatic carbocycles. The molecule has 3 aromatic rings. The van der Waals surface area contributed by atoms with Crippen LogP contribution < -0.4 is 21.3 Å². The molecule has 2 heterocycles. The minimum absolute atomic E-state index is 0.122. The fraction of sp³-hybridized carbons (Fsp3) is 0.304. The van der Waals surface area contributed by atoms with E-state index < -0.39 is 28.7 Å². The fourth-order valence-electron chi connectivity index (χ4n) is 3.56. The van der Waals surface area contributed by atoms with Gasteiger partial charge in [-0.2, -0.15) is 9.78 Å². The Morgan fingerprint density at radius 3 is 2.55 bits per heavy atom. The fourth-order valence-corrected chi connectivity index (χ4v) is 3.56. The highest BCUT2D eigenvalue weighted by Gasteiger charge is 2.22. The number of nitrogens with zero attached hydrogens (tertiary/aromatic N) is 3. The Morgan fingerprint density at radius 2 is 1.91 bits per heavy atom. The molecule has 1 saturated heterocycles. The van der Waals surface area contributed by atoms with Gasteiger partial charge in [-0.3, -0.25) is 14.2 Å². The Bertz CT molecular complexity index is 1250. The lowest BCUT2D eigenvalue weighted by atomic mass is 10.2. The molecule has 10 heteroatoms. The number of nitrogens with one attached hydrogen (secondary N) is 1. The van der Waals surface area contributed by atoms with Crippen molar-refractivity contribution >= 4 is 5.91 Å². The van der Waals surface area contributed by atoms with Gasteiger partial charge in [-0.05, 0) is 54.8 Å². The lowest BCUT2D eigenvalue weighted by Crippen LogP contribution is -2.46. The average Bonchev–Trinajstić information content (AvgIpc) is 3.35. The summed E-state index contributed by atoms with van der Waals surface area (Å²) < 4.78 is 25.8. The Morgan fingerprint density at radius 1 is 1.18 bits per heavy atom. The molecule has 2 aromatic carbocycles. The predicted octanol–water partition coefficient (Wildman–Crippen LogP) is 1.50. The van der Waals surface area contributed by atoms with Crippen LogP contribution in [0.1, 0.15) is 28.9 Å². The van der Waals surface area contributed by atoms with E-state index in [1.165, 1.54) is 31.4 Å². The molecule has 0 radical (unpaired) electrons. The maximum Gasteiger partial charge on any atom is 0.352 e. The van der Waals surface area contributed by atoms with Crippen molar-refractivity contribution in [3.63, 3.8) is 0 Å². The number of hydrogen-bond donors (Lipinski definition) is 1. The second-order valence-corrected chi connectivity index (χ2v) is 7.60. The molecule has 4 rings (SSSR count). The van der Waals surface area contributed by atoms with Crippen molar-refractivity contribution < 1.29 is 18.7 Å². The Balaban J connectivity index is 1.75. The van der Waals surface area contributed by atoms with Gasteiger partial charge in [0.2, 0.25) is 5.69 Å². The summed E-state index contributed by atoms with van der Waals surface area (Å²) in [6, 6.07) is 11.9. The maximum atomic E-state index is 13.3. The minimum atomic E-state index is -0.834. The van der Waals surface area contributed by atoms with Gasteiger partial charge in [0.1, 0.15) is 11.6 Å². The van der Waals surface area contributed by atoms with Crippen LogP contribution in [0.2, 0.25) is 0 Å². The summed E-state index contributed by atoms with van der Waals surface area (Å²) in [6.07, 6.45) is 1.60. The van der Waals surface area contributed by atoms with Crippen LogP contribution in [0.5, 0.6) is 5.75 Å². The quantitative estimate of drug-likeness (QED) is 0.580. The molecule has 0 bridgehead atoms. The number of amides is 1. The van der Waals surface area contributed by atoms with Crippen LogP contribution in [-0.2, 0) is 11.3 Å². The summed E-state index contributed by atoms with van der Waals surface area (Å²) in [5.74, 6) is -0.572. The summed E-state index contributed by atoms with van der Waals surface area (Å²) in [5.41, 5.74) is -1.12. The highest BCUT2D eigenvalue weighted by Crippen LogP contribution is 2.13. The van der Waals surface area contributed by atoms with Crippen molar-refractivity contribution in [2.24, 2.45) is 0 Å². The third-order valence-corrected chi connectivity index (χ3v) is 5.36. The normalized spacial score (nSPS) is 15.4. The number of carbonyl (C=O) groups excluding carboxylic acids is 1. The molecule has 1 aliphatic heterocycles. The van der Waals surface area contributed by atoms with Crippen LogP contribution in [0.4, 0.5) is 4.39 Å². The molecule has 33 heavy (non-hydrogen) atoms. The number of aromatic nitrogens is 3. The summed E-state index contributed by atoms with van der Waals surface area (Å²) in [6.45, 7) is 0.716. The highest BCUT2D eigenvalue weighted by atomic mass is 19.1. The van der Waals surface area contributed by atoms with E-state index >= 15 is 0 Å². The van der Waals surface area contributed by atoms with Gasteiger partial charge in [0.05, 0.1) is 25.4 Å².